The van der Waals surface area contributed by atoms with Gasteiger partial charge in [0, 0.05) is 6.07 Å². The zero-order valence-electron chi connectivity index (χ0n) is 11.2. The molecule has 1 aromatic carbocycles. The molecule has 0 aliphatic rings. The molecular formula is C14H14N2O4. The van der Waals surface area contributed by atoms with Crippen LogP contribution in [0.1, 0.15) is 23.0 Å². The minimum absolute atomic E-state index is 0.117. The Kier molecular flexibility index (Phi) is 4.14. The summed E-state index contributed by atoms with van der Waals surface area (Å²) in [7, 11) is 0. The van der Waals surface area contributed by atoms with Gasteiger partial charge in [-0.1, -0.05) is 17.3 Å². The molecule has 1 N–H and O–H groups in total. The van der Waals surface area contributed by atoms with Gasteiger partial charge in [-0.2, -0.15) is 0 Å². The molecule has 20 heavy (non-hydrogen) atoms. The van der Waals surface area contributed by atoms with Crippen LogP contribution in [0.4, 0.5) is 5.82 Å². The summed E-state index contributed by atoms with van der Waals surface area (Å²) in [6.07, 6.45) is 0. The minimum atomic E-state index is -0.378. The van der Waals surface area contributed by atoms with E-state index >= 15 is 0 Å². The van der Waals surface area contributed by atoms with Crippen molar-refractivity contribution >= 4 is 17.5 Å². The van der Waals surface area contributed by atoms with Crippen molar-refractivity contribution in [2.24, 2.45) is 0 Å². The average molecular weight is 274 g/mol. The molecular weight excluding hydrogens is 260 g/mol. The number of benzene rings is 1. The lowest BCUT2D eigenvalue weighted by Gasteiger charge is -2.08. The zero-order valence-corrected chi connectivity index (χ0v) is 11.2. The van der Waals surface area contributed by atoms with Crippen molar-refractivity contribution in [2.75, 3.05) is 11.9 Å². The molecule has 0 aliphatic carbocycles. The van der Waals surface area contributed by atoms with Crippen molar-refractivity contribution in [1.29, 1.82) is 0 Å². The number of hydrogen-bond donors (Lipinski definition) is 1. The van der Waals surface area contributed by atoms with E-state index in [1.54, 1.807) is 37.3 Å². The smallest absolute Gasteiger partial charge is 0.263 e. The standard InChI is InChI=1S/C14H14N2O4/c1-9-7-13(16-20-9)15-14(18)8-19-12-6-4-3-5-11(12)10(2)17/h3-7H,8H2,1-2H3,(H,15,16,18). The first kappa shape index (κ1) is 13.8. The highest BCUT2D eigenvalue weighted by Crippen LogP contribution is 2.18. The Bertz CT molecular complexity index is 634. The van der Waals surface area contributed by atoms with E-state index in [0.29, 0.717) is 22.9 Å². The fraction of sp³-hybridized carbons (Fsp3) is 0.214. The van der Waals surface area contributed by atoms with Gasteiger partial charge in [-0.15, -0.1) is 0 Å². The maximum Gasteiger partial charge on any atom is 0.263 e. The summed E-state index contributed by atoms with van der Waals surface area (Å²) in [6, 6.07) is 8.37. The van der Waals surface area contributed by atoms with E-state index in [1.165, 1.54) is 6.92 Å². The van der Waals surface area contributed by atoms with Crippen LogP contribution < -0.4 is 10.1 Å². The lowest BCUT2D eigenvalue weighted by molar-refractivity contribution is -0.118. The Hall–Kier alpha value is -2.63. The van der Waals surface area contributed by atoms with Crippen molar-refractivity contribution in [3.8, 4) is 5.75 Å². The zero-order chi connectivity index (χ0) is 14.5. The third-order valence-electron chi connectivity index (χ3n) is 2.52. The van der Waals surface area contributed by atoms with Crippen LogP contribution in [0.5, 0.6) is 5.75 Å². The molecule has 2 rings (SSSR count). The molecule has 0 spiro atoms. The summed E-state index contributed by atoms with van der Waals surface area (Å²) in [6.45, 7) is 2.96. The second-order valence-electron chi connectivity index (χ2n) is 4.21. The van der Waals surface area contributed by atoms with E-state index in [1.807, 2.05) is 0 Å². The molecule has 0 unspecified atom stereocenters. The second kappa shape index (κ2) is 6.01. The maximum atomic E-state index is 11.7. The van der Waals surface area contributed by atoms with E-state index in [2.05, 4.69) is 10.5 Å². The Morgan fingerprint density at radius 3 is 2.75 bits per heavy atom. The molecule has 6 heteroatoms. The molecule has 1 heterocycles. The average Bonchev–Trinajstić information content (AvgIpc) is 2.82. The van der Waals surface area contributed by atoms with Crippen LogP contribution in [0, 0.1) is 6.92 Å². The number of nitrogens with one attached hydrogen (secondary N) is 1. The number of carbonyl (C=O) groups excluding carboxylic acids is 2. The third kappa shape index (κ3) is 3.44. The molecule has 1 amide bonds. The largest absolute Gasteiger partial charge is 0.483 e. The molecule has 1 aromatic heterocycles. The summed E-state index contributed by atoms with van der Waals surface area (Å²) in [5, 5.41) is 6.17. The molecule has 0 radical (unpaired) electrons. The van der Waals surface area contributed by atoms with Gasteiger partial charge in [0.05, 0.1) is 5.56 Å². The van der Waals surface area contributed by atoms with E-state index < -0.39 is 0 Å². The Balaban J connectivity index is 1.95. The van der Waals surface area contributed by atoms with E-state index in [4.69, 9.17) is 9.26 Å². The van der Waals surface area contributed by atoms with Gasteiger partial charge in [0.1, 0.15) is 11.5 Å². The predicted molar refractivity (Wildman–Crippen MR) is 71.8 cm³/mol. The number of rotatable bonds is 5. The van der Waals surface area contributed by atoms with Gasteiger partial charge in [-0.05, 0) is 26.0 Å². The van der Waals surface area contributed by atoms with Gasteiger partial charge in [-0.25, -0.2) is 0 Å². The quantitative estimate of drug-likeness (QED) is 0.845. The third-order valence-corrected chi connectivity index (χ3v) is 2.52. The van der Waals surface area contributed by atoms with Gasteiger partial charge in [0.2, 0.25) is 0 Å². The molecule has 0 aliphatic heterocycles. The van der Waals surface area contributed by atoms with Crippen LogP contribution in [-0.2, 0) is 4.79 Å². The molecule has 104 valence electrons. The summed E-state index contributed by atoms with van der Waals surface area (Å²) < 4.78 is 10.2. The highest BCUT2D eigenvalue weighted by atomic mass is 16.5. The molecule has 2 aromatic rings. The number of nitrogens with zero attached hydrogens (tertiary/aromatic N) is 1. The van der Waals surface area contributed by atoms with Crippen LogP contribution in [0.25, 0.3) is 0 Å². The monoisotopic (exact) mass is 274 g/mol. The summed E-state index contributed by atoms with van der Waals surface area (Å²) in [5.41, 5.74) is 0.442. The number of ketones is 1. The van der Waals surface area contributed by atoms with E-state index in [-0.39, 0.29) is 18.3 Å². The van der Waals surface area contributed by atoms with E-state index in [0.717, 1.165) is 0 Å². The first-order chi connectivity index (χ1) is 9.56. The Morgan fingerprint density at radius 2 is 2.10 bits per heavy atom. The minimum Gasteiger partial charge on any atom is -0.483 e. The van der Waals surface area contributed by atoms with Crippen LogP contribution in [0.2, 0.25) is 0 Å². The first-order valence-corrected chi connectivity index (χ1v) is 6.02. The van der Waals surface area contributed by atoms with Crippen LogP contribution in [-0.4, -0.2) is 23.5 Å². The second-order valence-corrected chi connectivity index (χ2v) is 4.21. The number of aromatic nitrogens is 1. The van der Waals surface area contributed by atoms with Crippen LogP contribution in [0.15, 0.2) is 34.9 Å². The van der Waals surface area contributed by atoms with Crippen molar-refractivity contribution in [2.45, 2.75) is 13.8 Å². The number of anilines is 1. The van der Waals surface area contributed by atoms with Crippen molar-refractivity contribution in [3.05, 3.63) is 41.7 Å². The number of aryl methyl sites for hydroxylation is 1. The summed E-state index contributed by atoms with van der Waals surface area (Å²) in [4.78, 5) is 23.1. The number of carbonyl (C=O) groups is 2. The lowest BCUT2D eigenvalue weighted by atomic mass is 10.1. The van der Waals surface area contributed by atoms with Crippen molar-refractivity contribution in [1.82, 2.24) is 5.16 Å². The highest BCUT2D eigenvalue weighted by Gasteiger charge is 2.10. The van der Waals surface area contributed by atoms with Crippen LogP contribution >= 0.6 is 0 Å². The molecule has 0 atom stereocenters. The highest BCUT2D eigenvalue weighted by molar-refractivity contribution is 5.97. The summed E-state index contributed by atoms with van der Waals surface area (Å²) >= 11 is 0. The molecule has 6 nitrogen and oxygen atoms in total. The first-order valence-electron chi connectivity index (χ1n) is 6.02. The molecule has 0 fully saturated rings. The fourth-order valence-corrected chi connectivity index (χ4v) is 1.63. The normalized spacial score (nSPS) is 10.1. The SMILES string of the molecule is CC(=O)c1ccccc1OCC(=O)Nc1cc(C)on1. The Morgan fingerprint density at radius 1 is 1.35 bits per heavy atom. The van der Waals surface area contributed by atoms with E-state index in [9.17, 15) is 9.59 Å². The maximum absolute atomic E-state index is 11.7. The summed E-state index contributed by atoms with van der Waals surface area (Å²) in [5.74, 6) is 0.815. The van der Waals surface area contributed by atoms with Crippen molar-refractivity contribution in [3.63, 3.8) is 0 Å². The Labute approximate surface area is 115 Å². The van der Waals surface area contributed by atoms with Gasteiger partial charge in [-0.3, -0.25) is 9.59 Å². The number of Topliss-reactive ketones (excluding diaryl/α,β-unsaturated/α-hetero) is 1. The lowest BCUT2D eigenvalue weighted by Crippen LogP contribution is -2.20. The molecule has 0 bridgehead atoms. The van der Waals surface area contributed by atoms with Gasteiger partial charge in [0.15, 0.2) is 18.2 Å². The van der Waals surface area contributed by atoms with Gasteiger partial charge in [0.25, 0.3) is 5.91 Å². The number of para-hydroxylation sites is 1. The van der Waals surface area contributed by atoms with Gasteiger partial charge < -0.3 is 14.6 Å². The number of hydrogen-bond acceptors (Lipinski definition) is 5. The molecule has 0 saturated heterocycles. The fourth-order valence-electron chi connectivity index (χ4n) is 1.63. The molecule has 0 saturated carbocycles. The number of amides is 1. The predicted octanol–water partition coefficient (Wildman–Crippen LogP) is 2.20. The van der Waals surface area contributed by atoms with Crippen molar-refractivity contribution < 1.29 is 18.8 Å². The van der Waals surface area contributed by atoms with Gasteiger partial charge >= 0.3 is 0 Å². The topological polar surface area (TPSA) is 81.4 Å². The number of ether oxygens (including phenoxy) is 1. The van der Waals surface area contributed by atoms with Crippen LogP contribution in [0.3, 0.4) is 0 Å².